The van der Waals surface area contributed by atoms with Crippen molar-refractivity contribution in [2.24, 2.45) is 5.92 Å². The van der Waals surface area contributed by atoms with Gasteiger partial charge in [0.15, 0.2) is 0 Å². The van der Waals surface area contributed by atoms with Gasteiger partial charge in [-0.3, -0.25) is 0 Å². The van der Waals surface area contributed by atoms with Crippen molar-refractivity contribution in [3.63, 3.8) is 0 Å². The molecule has 0 aromatic heterocycles. The monoisotopic (exact) mass is 201 g/mol. The maximum absolute atomic E-state index is 8.76. The fourth-order valence-corrected chi connectivity index (χ4v) is 1.60. The minimum absolute atomic E-state index is 0.651. The van der Waals surface area contributed by atoms with Crippen LogP contribution in [0.5, 0.6) is 0 Å². The first-order chi connectivity index (χ1) is 7.29. The van der Waals surface area contributed by atoms with Gasteiger partial charge >= 0.3 is 0 Å². The number of hydrogen-bond donors (Lipinski definition) is 2. The van der Waals surface area contributed by atoms with Crippen LogP contribution in [0.1, 0.15) is 24.8 Å². The number of rotatable bonds is 4. The van der Waals surface area contributed by atoms with Crippen molar-refractivity contribution in [1.82, 2.24) is 0 Å². The smallest absolute Gasteiger partial charge is 0.0992 e. The quantitative estimate of drug-likeness (QED) is 0.735. The Hall–Kier alpha value is -1.69. The van der Waals surface area contributed by atoms with Gasteiger partial charge in [0, 0.05) is 6.54 Å². The van der Waals surface area contributed by atoms with Gasteiger partial charge in [0.2, 0.25) is 0 Å². The van der Waals surface area contributed by atoms with Gasteiger partial charge in [0.25, 0.3) is 0 Å². The molecule has 0 amide bonds. The summed E-state index contributed by atoms with van der Waals surface area (Å²) in [7, 11) is 0. The lowest BCUT2D eigenvalue weighted by molar-refractivity contribution is 0.760. The Morgan fingerprint density at radius 1 is 1.47 bits per heavy atom. The zero-order valence-electron chi connectivity index (χ0n) is 8.66. The molecule has 0 bridgehead atoms. The first kappa shape index (κ1) is 9.85. The van der Waals surface area contributed by atoms with Crippen molar-refractivity contribution < 1.29 is 0 Å². The Kier molecular flexibility index (Phi) is 2.77. The Bertz CT molecular complexity index is 388. The van der Waals surface area contributed by atoms with Crippen LogP contribution in [-0.4, -0.2) is 6.54 Å². The second-order valence-corrected chi connectivity index (χ2v) is 4.07. The van der Waals surface area contributed by atoms with Crippen LogP contribution in [0.3, 0.4) is 0 Å². The summed E-state index contributed by atoms with van der Waals surface area (Å²) in [4.78, 5) is 0. The second kappa shape index (κ2) is 4.22. The summed E-state index contributed by atoms with van der Waals surface area (Å²) < 4.78 is 0. The molecule has 1 aromatic rings. The van der Waals surface area contributed by atoms with Crippen LogP contribution < -0.4 is 11.1 Å². The molecule has 0 unspecified atom stereocenters. The number of nitrogens with two attached hydrogens (primary N) is 1. The number of nitrogen functional groups attached to an aromatic ring is 1. The molecule has 2 rings (SSSR count). The van der Waals surface area contributed by atoms with Gasteiger partial charge in [-0.15, -0.1) is 0 Å². The van der Waals surface area contributed by atoms with Gasteiger partial charge in [0.1, 0.15) is 0 Å². The molecular formula is C12H15N3. The van der Waals surface area contributed by atoms with E-state index >= 15 is 0 Å². The van der Waals surface area contributed by atoms with Gasteiger partial charge < -0.3 is 11.1 Å². The minimum Gasteiger partial charge on any atom is -0.397 e. The third-order valence-corrected chi connectivity index (χ3v) is 2.75. The molecule has 1 aliphatic carbocycles. The molecule has 3 N–H and O–H groups in total. The van der Waals surface area contributed by atoms with Crippen molar-refractivity contribution >= 4 is 11.4 Å². The highest BCUT2D eigenvalue weighted by atomic mass is 14.9. The van der Waals surface area contributed by atoms with Crippen molar-refractivity contribution in [2.75, 3.05) is 17.6 Å². The Labute approximate surface area is 89.9 Å². The number of benzene rings is 1. The van der Waals surface area contributed by atoms with E-state index in [-0.39, 0.29) is 0 Å². The Balaban J connectivity index is 1.95. The molecule has 1 aliphatic rings. The normalized spacial score (nSPS) is 14.6. The van der Waals surface area contributed by atoms with Crippen LogP contribution >= 0.6 is 0 Å². The molecule has 0 heterocycles. The summed E-state index contributed by atoms with van der Waals surface area (Å²) in [5.74, 6) is 0.915. The number of anilines is 2. The first-order valence-electron chi connectivity index (χ1n) is 5.33. The predicted molar refractivity (Wildman–Crippen MR) is 61.4 cm³/mol. The molecule has 3 nitrogen and oxygen atoms in total. The van der Waals surface area contributed by atoms with E-state index in [4.69, 9.17) is 11.0 Å². The average Bonchev–Trinajstić information content (AvgIpc) is 3.05. The highest BCUT2D eigenvalue weighted by Crippen LogP contribution is 2.32. The van der Waals surface area contributed by atoms with E-state index < -0.39 is 0 Å². The average molecular weight is 201 g/mol. The lowest BCUT2D eigenvalue weighted by atomic mass is 10.2. The summed E-state index contributed by atoms with van der Waals surface area (Å²) in [5.41, 5.74) is 8.05. The Morgan fingerprint density at radius 3 is 2.93 bits per heavy atom. The number of nitrogens with zero attached hydrogens (tertiary/aromatic N) is 1. The largest absolute Gasteiger partial charge is 0.397 e. The lowest BCUT2D eigenvalue weighted by Gasteiger charge is -2.08. The molecule has 1 fully saturated rings. The third-order valence-electron chi connectivity index (χ3n) is 2.75. The highest BCUT2D eigenvalue weighted by molar-refractivity contribution is 5.68. The lowest BCUT2D eigenvalue weighted by Crippen LogP contribution is -2.05. The van der Waals surface area contributed by atoms with Crippen molar-refractivity contribution in [1.29, 1.82) is 5.26 Å². The van der Waals surface area contributed by atoms with Crippen LogP contribution in [0.25, 0.3) is 0 Å². The summed E-state index contributed by atoms with van der Waals surface area (Å²) in [6.45, 7) is 0.948. The molecule has 3 heteroatoms. The van der Waals surface area contributed by atoms with Crippen molar-refractivity contribution in [3.8, 4) is 6.07 Å². The molecule has 0 radical (unpaired) electrons. The summed E-state index contributed by atoms with van der Waals surface area (Å²) in [6, 6.07) is 7.43. The zero-order valence-corrected chi connectivity index (χ0v) is 8.66. The fourth-order valence-electron chi connectivity index (χ4n) is 1.60. The standard InChI is InChI=1S/C12H15N3/c13-8-10-3-4-11(14)12(7-10)15-6-5-9-1-2-9/h3-4,7,9,15H,1-2,5-6,14H2. The molecule has 0 spiro atoms. The number of nitriles is 1. The predicted octanol–water partition coefficient (Wildman–Crippen LogP) is 2.35. The van der Waals surface area contributed by atoms with E-state index in [1.54, 1.807) is 12.1 Å². The summed E-state index contributed by atoms with van der Waals surface area (Å²) >= 11 is 0. The van der Waals surface area contributed by atoms with Crippen LogP contribution in [0.2, 0.25) is 0 Å². The molecular weight excluding hydrogens is 186 g/mol. The van der Waals surface area contributed by atoms with E-state index in [1.807, 2.05) is 6.07 Å². The van der Waals surface area contributed by atoms with Crippen LogP contribution in [0, 0.1) is 17.2 Å². The highest BCUT2D eigenvalue weighted by Gasteiger charge is 2.20. The van der Waals surface area contributed by atoms with Gasteiger partial charge in [-0.2, -0.15) is 5.26 Å². The fraction of sp³-hybridized carbons (Fsp3) is 0.417. The van der Waals surface area contributed by atoms with Gasteiger partial charge in [-0.1, -0.05) is 12.8 Å². The van der Waals surface area contributed by atoms with Crippen molar-refractivity contribution in [2.45, 2.75) is 19.3 Å². The molecule has 1 saturated carbocycles. The SMILES string of the molecule is N#Cc1ccc(N)c(NCCC2CC2)c1. The molecule has 1 aromatic carbocycles. The van der Waals surface area contributed by atoms with Crippen LogP contribution in [0.15, 0.2) is 18.2 Å². The minimum atomic E-state index is 0.651. The Morgan fingerprint density at radius 2 is 2.27 bits per heavy atom. The van der Waals surface area contributed by atoms with E-state index in [0.717, 1.165) is 18.2 Å². The van der Waals surface area contributed by atoms with E-state index in [2.05, 4.69) is 11.4 Å². The third kappa shape index (κ3) is 2.63. The summed E-state index contributed by atoms with van der Waals surface area (Å²) in [6.07, 6.45) is 3.95. The first-order valence-corrected chi connectivity index (χ1v) is 5.33. The number of nitrogens with one attached hydrogen (secondary N) is 1. The maximum atomic E-state index is 8.76. The van der Waals surface area contributed by atoms with Crippen LogP contribution in [0.4, 0.5) is 11.4 Å². The number of hydrogen-bond acceptors (Lipinski definition) is 3. The van der Waals surface area contributed by atoms with E-state index in [0.29, 0.717) is 11.3 Å². The van der Waals surface area contributed by atoms with Crippen LogP contribution in [-0.2, 0) is 0 Å². The maximum Gasteiger partial charge on any atom is 0.0992 e. The van der Waals surface area contributed by atoms with E-state index in [1.165, 1.54) is 19.3 Å². The second-order valence-electron chi connectivity index (χ2n) is 4.07. The van der Waals surface area contributed by atoms with E-state index in [9.17, 15) is 0 Å². The van der Waals surface area contributed by atoms with Gasteiger partial charge in [-0.25, -0.2) is 0 Å². The molecule has 78 valence electrons. The topological polar surface area (TPSA) is 61.8 Å². The zero-order chi connectivity index (χ0) is 10.7. The van der Waals surface area contributed by atoms with Gasteiger partial charge in [0.05, 0.1) is 23.0 Å². The molecule has 0 atom stereocenters. The van der Waals surface area contributed by atoms with Gasteiger partial charge in [-0.05, 0) is 30.5 Å². The summed E-state index contributed by atoms with van der Waals surface area (Å²) in [5, 5.41) is 12.0. The molecule has 15 heavy (non-hydrogen) atoms. The molecule has 0 aliphatic heterocycles. The molecule has 0 saturated heterocycles. The van der Waals surface area contributed by atoms with Crippen molar-refractivity contribution in [3.05, 3.63) is 23.8 Å².